The van der Waals surface area contributed by atoms with Gasteiger partial charge in [-0.1, -0.05) is 44.4 Å². The van der Waals surface area contributed by atoms with E-state index in [0.29, 0.717) is 6.42 Å². The van der Waals surface area contributed by atoms with E-state index >= 15 is 0 Å². The number of anilines is 1. The Labute approximate surface area is 96.5 Å². The predicted molar refractivity (Wildman–Crippen MR) is 65.6 cm³/mol. The molecule has 0 heterocycles. The van der Waals surface area contributed by atoms with Crippen LogP contribution in [-0.2, 0) is 4.79 Å². The van der Waals surface area contributed by atoms with Crippen LogP contribution in [0.15, 0.2) is 30.3 Å². The second kappa shape index (κ2) is 6.88. The second-order valence-electron chi connectivity index (χ2n) is 3.90. The topological polar surface area (TPSA) is 49.3 Å². The minimum Gasteiger partial charge on any atom is -0.480 e. The molecule has 1 unspecified atom stereocenters. The maximum absolute atomic E-state index is 11.0. The number of hydrogen-bond acceptors (Lipinski definition) is 2. The number of para-hydroxylation sites is 1. The molecule has 0 saturated heterocycles. The van der Waals surface area contributed by atoms with Gasteiger partial charge in [-0.25, -0.2) is 4.79 Å². The van der Waals surface area contributed by atoms with Crippen LogP contribution in [0.1, 0.15) is 32.6 Å². The fourth-order valence-corrected chi connectivity index (χ4v) is 1.59. The zero-order chi connectivity index (χ0) is 11.8. The molecule has 88 valence electrons. The summed E-state index contributed by atoms with van der Waals surface area (Å²) >= 11 is 0. The third kappa shape index (κ3) is 4.34. The van der Waals surface area contributed by atoms with Crippen LogP contribution < -0.4 is 5.32 Å². The Bertz CT molecular complexity index is 311. The van der Waals surface area contributed by atoms with Crippen molar-refractivity contribution < 1.29 is 9.90 Å². The minimum atomic E-state index is -0.778. The molecule has 0 aromatic heterocycles. The number of carboxylic acid groups (broad SMARTS) is 1. The molecule has 1 atom stereocenters. The molecule has 0 aliphatic heterocycles. The molecule has 0 aliphatic carbocycles. The van der Waals surface area contributed by atoms with E-state index in [-0.39, 0.29) is 0 Å². The molecule has 1 rings (SSSR count). The molecule has 3 heteroatoms. The third-order valence-corrected chi connectivity index (χ3v) is 2.51. The van der Waals surface area contributed by atoms with Crippen LogP contribution in [0, 0.1) is 0 Å². The first-order chi connectivity index (χ1) is 7.74. The standard InChI is InChI=1S/C13H19NO2/c1-2-3-5-10-12(13(15)16)14-11-8-6-4-7-9-11/h4,6-9,12,14H,2-3,5,10H2,1H3,(H,15,16). The summed E-state index contributed by atoms with van der Waals surface area (Å²) in [5, 5.41) is 12.1. The van der Waals surface area contributed by atoms with Gasteiger partial charge in [0, 0.05) is 5.69 Å². The van der Waals surface area contributed by atoms with Gasteiger partial charge in [0.25, 0.3) is 0 Å². The number of aliphatic carboxylic acids is 1. The number of hydrogen-bond donors (Lipinski definition) is 2. The number of benzene rings is 1. The van der Waals surface area contributed by atoms with E-state index in [0.717, 1.165) is 24.9 Å². The van der Waals surface area contributed by atoms with Crippen LogP contribution in [-0.4, -0.2) is 17.1 Å². The van der Waals surface area contributed by atoms with Crippen molar-refractivity contribution in [3.05, 3.63) is 30.3 Å². The molecule has 1 aromatic carbocycles. The van der Waals surface area contributed by atoms with Gasteiger partial charge in [-0.15, -0.1) is 0 Å². The van der Waals surface area contributed by atoms with Crippen molar-refractivity contribution in [3.63, 3.8) is 0 Å². The van der Waals surface area contributed by atoms with Gasteiger partial charge in [0.1, 0.15) is 6.04 Å². The van der Waals surface area contributed by atoms with E-state index in [1.807, 2.05) is 30.3 Å². The van der Waals surface area contributed by atoms with E-state index in [1.165, 1.54) is 0 Å². The number of nitrogens with one attached hydrogen (secondary N) is 1. The molecule has 2 N–H and O–H groups in total. The van der Waals surface area contributed by atoms with E-state index in [4.69, 9.17) is 5.11 Å². The molecule has 1 aromatic rings. The van der Waals surface area contributed by atoms with Gasteiger partial charge in [-0.05, 0) is 18.6 Å². The number of unbranched alkanes of at least 4 members (excludes halogenated alkanes) is 2. The van der Waals surface area contributed by atoms with Crippen LogP contribution in [0.3, 0.4) is 0 Å². The van der Waals surface area contributed by atoms with Crippen LogP contribution in [0.2, 0.25) is 0 Å². The van der Waals surface area contributed by atoms with Gasteiger partial charge in [0.15, 0.2) is 0 Å². The van der Waals surface area contributed by atoms with Crippen LogP contribution >= 0.6 is 0 Å². The number of rotatable bonds is 7. The van der Waals surface area contributed by atoms with Crippen molar-refractivity contribution in [3.8, 4) is 0 Å². The summed E-state index contributed by atoms with van der Waals surface area (Å²) in [5.74, 6) is -0.778. The van der Waals surface area contributed by atoms with Crippen LogP contribution in [0.4, 0.5) is 5.69 Å². The van der Waals surface area contributed by atoms with E-state index in [1.54, 1.807) is 0 Å². The highest BCUT2D eigenvalue weighted by molar-refractivity contribution is 5.77. The fraction of sp³-hybridized carbons (Fsp3) is 0.462. The van der Waals surface area contributed by atoms with Crippen molar-refractivity contribution in [2.24, 2.45) is 0 Å². The first kappa shape index (κ1) is 12.6. The van der Waals surface area contributed by atoms with Gasteiger partial charge in [-0.2, -0.15) is 0 Å². The van der Waals surface area contributed by atoms with E-state index in [9.17, 15) is 4.79 Å². The zero-order valence-corrected chi connectivity index (χ0v) is 9.65. The summed E-state index contributed by atoms with van der Waals surface area (Å²) in [5.41, 5.74) is 0.867. The fourth-order valence-electron chi connectivity index (χ4n) is 1.59. The molecule has 0 saturated carbocycles. The molecule has 0 bridgehead atoms. The Kier molecular flexibility index (Phi) is 5.40. The highest BCUT2D eigenvalue weighted by Gasteiger charge is 2.15. The summed E-state index contributed by atoms with van der Waals surface area (Å²) in [6, 6.07) is 9.00. The molecular formula is C13H19NO2. The maximum Gasteiger partial charge on any atom is 0.326 e. The number of carboxylic acids is 1. The van der Waals surface area contributed by atoms with Gasteiger partial charge >= 0.3 is 5.97 Å². The minimum absolute atomic E-state index is 0.478. The first-order valence-corrected chi connectivity index (χ1v) is 5.78. The van der Waals surface area contributed by atoms with E-state index < -0.39 is 12.0 Å². The van der Waals surface area contributed by atoms with Gasteiger partial charge in [0.05, 0.1) is 0 Å². The predicted octanol–water partition coefficient (Wildman–Crippen LogP) is 3.13. The molecule has 3 nitrogen and oxygen atoms in total. The van der Waals surface area contributed by atoms with Gasteiger partial charge in [-0.3, -0.25) is 0 Å². The lowest BCUT2D eigenvalue weighted by atomic mass is 10.1. The monoisotopic (exact) mass is 221 g/mol. The zero-order valence-electron chi connectivity index (χ0n) is 9.65. The Hall–Kier alpha value is -1.51. The molecule has 0 amide bonds. The van der Waals surface area contributed by atoms with Crippen molar-refractivity contribution in [2.45, 2.75) is 38.6 Å². The van der Waals surface area contributed by atoms with Crippen molar-refractivity contribution in [2.75, 3.05) is 5.32 Å². The molecule has 16 heavy (non-hydrogen) atoms. The average Bonchev–Trinajstić information content (AvgIpc) is 2.29. The van der Waals surface area contributed by atoms with Crippen molar-refractivity contribution in [1.29, 1.82) is 0 Å². The average molecular weight is 221 g/mol. The lowest BCUT2D eigenvalue weighted by molar-refractivity contribution is -0.138. The third-order valence-electron chi connectivity index (χ3n) is 2.51. The Morgan fingerprint density at radius 1 is 1.31 bits per heavy atom. The maximum atomic E-state index is 11.0. The molecule has 0 radical (unpaired) electrons. The molecule has 0 aliphatic rings. The van der Waals surface area contributed by atoms with Crippen molar-refractivity contribution in [1.82, 2.24) is 0 Å². The molecule has 0 spiro atoms. The highest BCUT2D eigenvalue weighted by Crippen LogP contribution is 2.11. The summed E-state index contributed by atoms with van der Waals surface area (Å²) in [7, 11) is 0. The normalized spacial score (nSPS) is 12.1. The lowest BCUT2D eigenvalue weighted by Crippen LogP contribution is -2.29. The summed E-state index contributed by atoms with van der Waals surface area (Å²) < 4.78 is 0. The Morgan fingerprint density at radius 2 is 2.00 bits per heavy atom. The summed E-state index contributed by atoms with van der Waals surface area (Å²) in [4.78, 5) is 11.0. The summed E-state index contributed by atoms with van der Waals surface area (Å²) in [6.45, 7) is 2.11. The molecular weight excluding hydrogens is 202 g/mol. The number of carbonyl (C=O) groups is 1. The first-order valence-electron chi connectivity index (χ1n) is 5.78. The Balaban J connectivity index is 2.48. The quantitative estimate of drug-likeness (QED) is 0.695. The highest BCUT2D eigenvalue weighted by atomic mass is 16.4. The van der Waals surface area contributed by atoms with Gasteiger partial charge < -0.3 is 10.4 Å². The Morgan fingerprint density at radius 3 is 2.56 bits per heavy atom. The van der Waals surface area contributed by atoms with Crippen LogP contribution in [0.25, 0.3) is 0 Å². The molecule has 0 fully saturated rings. The largest absolute Gasteiger partial charge is 0.480 e. The SMILES string of the molecule is CCCCCC(Nc1ccccc1)C(=O)O. The summed E-state index contributed by atoms with van der Waals surface area (Å²) in [6.07, 6.45) is 3.82. The van der Waals surface area contributed by atoms with Crippen LogP contribution in [0.5, 0.6) is 0 Å². The second-order valence-corrected chi connectivity index (χ2v) is 3.90. The lowest BCUT2D eigenvalue weighted by Gasteiger charge is -2.15. The van der Waals surface area contributed by atoms with Crippen molar-refractivity contribution >= 4 is 11.7 Å². The van der Waals surface area contributed by atoms with Gasteiger partial charge in [0.2, 0.25) is 0 Å². The smallest absolute Gasteiger partial charge is 0.326 e. The van der Waals surface area contributed by atoms with E-state index in [2.05, 4.69) is 12.2 Å².